The minimum Gasteiger partial charge on any atom is -0.497 e. The van der Waals surface area contributed by atoms with E-state index >= 15 is 0 Å². The number of piperazine rings is 1. The number of hydrogen-bond donors (Lipinski definition) is 0. The predicted molar refractivity (Wildman–Crippen MR) is 162 cm³/mol. The van der Waals surface area contributed by atoms with Gasteiger partial charge in [-0.05, 0) is 54.4 Å². The third kappa shape index (κ3) is 5.46. The molecule has 1 aliphatic heterocycles. The molecular formula is C33H31N5O4. The summed E-state index contributed by atoms with van der Waals surface area (Å²) in [6.07, 6.45) is 2.01. The van der Waals surface area contributed by atoms with Crippen LogP contribution in [0, 0.1) is 17.0 Å². The summed E-state index contributed by atoms with van der Waals surface area (Å²) in [4.78, 5) is 33.4. The Kier molecular flexibility index (Phi) is 7.41. The number of fused-ring (bicyclic) bond motifs is 1. The van der Waals surface area contributed by atoms with Crippen molar-refractivity contribution in [3.8, 4) is 28.1 Å². The van der Waals surface area contributed by atoms with Crippen molar-refractivity contribution in [3.05, 3.63) is 118 Å². The Hall–Kier alpha value is -5.02. The second kappa shape index (κ2) is 11.5. The standard InChI is InChI=1S/C33H31N5O4/c1-23-6-8-24(9-7-23)32-30(22-35-16-18-36(19-17-35)33(39)25-10-13-29(42-2)14-11-25)37-21-27(12-15-31(37)34-32)26-4-3-5-28(20-26)38(40)41/h3-15,20-21H,16-19,22H2,1-2H3. The maximum absolute atomic E-state index is 13.1. The molecule has 1 saturated heterocycles. The average molecular weight is 562 g/mol. The van der Waals surface area contributed by atoms with Gasteiger partial charge in [0.05, 0.1) is 23.4 Å². The van der Waals surface area contributed by atoms with Gasteiger partial charge >= 0.3 is 0 Å². The van der Waals surface area contributed by atoms with E-state index in [0.29, 0.717) is 25.2 Å². The molecule has 0 aliphatic carbocycles. The van der Waals surface area contributed by atoms with Crippen molar-refractivity contribution in [1.29, 1.82) is 0 Å². The molecule has 0 unspecified atom stereocenters. The average Bonchev–Trinajstić information content (AvgIpc) is 3.38. The lowest BCUT2D eigenvalue weighted by molar-refractivity contribution is -0.384. The minimum absolute atomic E-state index is 0.0223. The predicted octanol–water partition coefficient (Wildman–Crippen LogP) is 5.85. The van der Waals surface area contributed by atoms with Gasteiger partial charge in [-0.3, -0.25) is 19.8 Å². The lowest BCUT2D eigenvalue weighted by atomic mass is 10.1. The molecule has 0 saturated carbocycles. The zero-order chi connectivity index (χ0) is 29.2. The number of hydrogen-bond acceptors (Lipinski definition) is 6. The minimum atomic E-state index is -0.376. The molecule has 1 aliphatic rings. The zero-order valence-electron chi connectivity index (χ0n) is 23.6. The van der Waals surface area contributed by atoms with E-state index < -0.39 is 0 Å². The van der Waals surface area contributed by atoms with E-state index in [4.69, 9.17) is 9.72 Å². The van der Waals surface area contributed by atoms with Crippen molar-refractivity contribution < 1.29 is 14.5 Å². The summed E-state index contributed by atoms with van der Waals surface area (Å²) in [6.45, 7) is 5.42. The van der Waals surface area contributed by atoms with E-state index in [1.54, 1.807) is 31.4 Å². The highest BCUT2D eigenvalue weighted by atomic mass is 16.6. The summed E-state index contributed by atoms with van der Waals surface area (Å²) in [5.74, 6) is 0.747. The highest BCUT2D eigenvalue weighted by Crippen LogP contribution is 2.30. The van der Waals surface area contributed by atoms with Gasteiger partial charge in [-0.1, -0.05) is 42.0 Å². The van der Waals surface area contributed by atoms with Crippen LogP contribution in [0.25, 0.3) is 28.0 Å². The van der Waals surface area contributed by atoms with Gasteiger partial charge < -0.3 is 14.0 Å². The number of nitro groups is 1. The highest BCUT2D eigenvalue weighted by molar-refractivity contribution is 5.94. The molecule has 2 aromatic heterocycles. The molecule has 1 fully saturated rings. The number of nitrogens with zero attached hydrogens (tertiary/aromatic N) is 5. The number of amides is 1. The van der Waals surface area contributed by atoms with Crippen molar-refractivity contribution in [2.45, 2.75) is 13.5 Å². The SMILES string of the molecule is COc1ccc(C(=O)N2CCN(Cc3c(-c4ccc(C)cc4)nc4ccc(-c5cccc([N+](=O)[O-])c5)cn34)CC2)cc1. The molecule has 9 heteroatoms. The first-order chi connectivity index (χ1) is 20.4. The number of carbonyl (C=O) groups is 1. The van der Waals surface area contributed by atoms with Gasteiger partial charge in [-0.2, -0.15) is 0 Å². The first-order valence-electron chi connectivity index (χ1n) is 13.9. The number of methoxy groups -OCH3 is 1. The second-order valence-corrected chi connectivity index (χ2v) is 10.5. The van der Waals surface area contributed by atoms with Gasteiger partial charge in [0.1, 0.15) is 11.4 Å². The molecule has 1 amide bonds. The highest BCUT2D eigenvalue weighted by Gasteiger charge is 2.25. The molecule has 0 radical (unpaired) electrons. The Labute approximate surface area is 243 Å². The van der Waals surface area contributed by atoms with Crippen LogP contribution >= 0.6 is 0 Å². The quantitative estimate of drug-likeness (QED) is 0.183. The van der Waals surface area contributed by atoms with Gasteiger partial charge in [0.2, 0.25) is 0 Å². The Bertz CT molecular complexity index is 1750. The van der Waals surface area contributed by atoms with E-state index in [1.807, 2.05) is 41.4 Å². The molecular weight excluding hydrogens is 530 g/mol. The third-order valence-corrected chi connectivity index (χ3v) is 7.80. The van der Waals surface area contributed by atoms with Crippen molar-refractivity contribution in [2.75, 3.05) is 33.3 Å². The molecule has 0 spiro atoms. The fourth-order valence-corrected chi connectivity index (χ4v) is 5.39. The fourth-order valence-electron chi connectivity index (χ4n) is 5.39. The maximum Gasteiger partial charge on any atom is 0.270 e. The Morgan fingerprint density at radius 1 is 0.905 bits per heavy atom. The van der Waals surface area contributed by atoms with Crippen LogP contribution in [0.5, 0.6) is 5.75 Å². The first-order valence-corrected chi connectivity index (χ1v) is 13.9. The molecule has 3 heterocycles. The van der Waals surface area contributed by atoms with Crippen LogP contribution in [0.15, 0.2) is 91.1 Å². The van der Waals surface area contributed by atoms with E-state index in [1.165, 1.54) is 11.6 Å². The fraction of sp³-hybridized carbons (Fsp3) is 0.212. The molecule has 6 rings (SSSR count). The van der Waals surface area contributed by atoms with Crippen LogP contribution in [-0.4, -0.2) is 63.3 Å². The van der Waals surface area contributed by atoms with Crippen molar-refractivity contribution in [3.63, 3.8) is 0 Å². The normalized spacial score (nSPS) is 13.8. The van der Waals surface area contributed by atoms with Crippen LogP contribution in [0.2, 0.25) is 0 Å². The first kappa shape index (κ1) is 27.2. The van der Waals surface area contributed by atoms with E-state index in [0.717, 1.165) is 52.6 Å². The largest absolute Gasteiger partial charge is 0.497 e. The van der Waals surface area contributed by atoms with Gasteiger partial charge in [0.15, 0.2) is 0 Å². The number of carbonyl (C=O) groups excluding carboxylic acids is 1. The number of non-ortho nitro benzene ring substituents is 1. The molecule has 212 valence electrons. The smallest absolute Gasteiger partial charge is 0.270 e. The van der Waals surface area contributed by atoms with Gasteiger partial charge in [0, 0.05) is 62.2 Å². The van der Waals surface area contributed by atoms with Crippen molar-refractivity contribution in [1.82, 2.24) is 19.2 Å². The Morgan fingerprint density at radius 3 is 2.31 bits per heavy atom. The molecule has 9 nitrogen and oxygen atoms in total. The van der Waals surface area contributed by atoms with Crippen molar-refractivity contribution in [2.24, 2.45) is 0 Å². The number of ether oxygens (including phenoxy) is 1. The number of nitro benzene ring substituents is 1. The number of pyridine rings is 1. The number of aryl methyl sites for hydroxylation is 1. The Morgan fingerprint density at radius 2 is 1.62 bits per heavy atom. The van der Waals surface area contributed by atoms with E-state index in [9.17, 15) is 14.9 Å². The van der Waals surface area contributed by atoms with Crippen LogP contribution in [0.1, 0.15) is 21.6 Å². The summed E-state index contributed by atoms with van der Waals surface area (Å²) in [5.41, 5.74) is 7.31. The van der Waals surface area contributed by atoms with E-state index in [-0.39, 0.29) is 16.5 Å². The number of aromatic nitrogens is 2. The number of rotatable bonds is 7. The lowest BCUT2D eigenvalue weighted by Crippen LogP contribution is -2.48. The molecule has 0 N–H and O–H groups in total. The second-order valence-electron chi connectivity index (χ2n) is 10.5. The van der Waals surface area contributed by atoms with Crippen LogP contribution in [0.3, 0.4) is 0 Å². The summed E-state index contributed by atoms with van der Waals surface area (Å²) >= 11 is 0. The zero-order valence-corrected chi connectivity index (χ0v) is 23.6. The van der Waals surface area contributed by atoms with Crippen LogP contribution in [-0.2, 0) is 6.54 Å². The molecule has 0 bridgehead atoms. The molecule has 0 atom stereocenters. The molecule has 5 aromatic rings. The summed E-state index contributed by atoms with van der Waals surface area (Å²) in [7, 11) is 1.61. The number of imidazole rings is 1. The molecule has 42 heavy (non-hydrogen) atoms. The topological polar surface area (TPSA) is 93.2 Å². The van der Waals surface area contributed by atoms with Crippen LogP contribution < -0.4 is 4.74 Å². The third-order valence-electron chi connectivity index (χ3n) is 7.80. The van der Waals surface area contributed by atoms with Gasteiger partial charge in [0.25, 0.3) is 11.6 Å². The summed E-state index contributed by atoms with van der Waals surface area (Å²) in [5, 5.41) is 11.4. The summed E-state index contributed by atoms with van der Waals surface area (Å²) < 4.78 is 7.31. The maximum atomic E-state index is 13.1. The van der Waals surface area contributed by atoms with E-state index in [2.05, 4.69) is 40.5 Å². The monoisotopic (exact) mass is 561 g/mol. The van der Waals surface area contributed by atoms with Crippen LogP contribution in [0.4, 0.5) is 5.69 Å². The molecule has 3 aromatic carbocycles. The lowest BCUT2D eigenvalue weighted by Gasteiger charge is -2.34. The van der Waals surface area contributed by atoms with Crippen molar-refractivity contribution >= 4 is 17.2 Å². The van der Waals surface area contributed by atoms with Gasteiger partial charge in [-0.25, -0.2) is 4.98 Å². The summed E-state index contributed by atoms with van der Waals surface area (Å²) in [6, 6.07) is 26.2. The Balaban J connectivity index is 1.29. The number of benzene rings is 3. The van der Waals surface area contributed by atoms with Gasteiger partial charge in [-0.15, -0.1) is 0 Å².